The molecular formula is C13H17BrClN. The molecule has 0 fully saturated rings. The molecule has 0 radical (unpaired) electrons. The van der Waals surface area contributed by atoms with Crippen molar-refractivity contribution < 1.29 is 0 Å². The third-order valence-electron chi connectivity index (χ3n) is 2.17. The number of nitrogens with one attached hydrogen (secondary N) is 1. The quantitative estimate of drug-likeness (QED) is 0.794. The van der Waals surface area contributed by atoms with Crippen LogP contribution in [0.4, 0.5) is 0 Å². The molecule has 0 saturated heterocycles. The molecule has 88 valence electrons. The van der Waals surface area contributed by atoms with E-state index in [4.69, 9.17) is 11.6 Å². The van der Waals surface area contributed by atoms with E-state index in [-0.39, 0.29) is 6.04 Å². The third kappa shape index (κ3) is 4.28. The Labute approximate surface area is 111 Å². The van der Waals surface area contributed by atoms with Crippen LogP contribution in [0.1, 0.15) is 32.4 Å². The summed E-state index contributed by atoms with van der Waals surface area (Å²) < 4.78 is 1.01. The Bertz CT molecular complexity index is 363. The Morgan fingerprint density at radius 3 is 2.62 bits per heavy atom. The summed E-state index contributed by atoms with van der Waals surface area (Å²) in [5.74, 6) is 0. The van der Waals surface area contributed by atoms with Gasteiger partial charge in [0.05, 0.1) is 6.04 Å². The molecule has 0 aliphatic heterocycles. The van der Waals surface area contributed by atoms with Gasteiger partial charge in [0.1, 0.15) is 0 Å². The lowest BCUT2D eigenvalue weighted by molar-refractivity contribution is 0.644. The summed E-state index contributed by atoms with van der Waals surface area (Å²) in [6, 6.07) is 6.22. The predicted octanol–water partition coefficient (Wildman–Crippen LogP) is 4.72. The maximum absolute atomic E-state index is 6.05. The number of halogens is 2. The standard InChI is InChI=1S/C13H17BrClN/c1-4-16-13(5-9(2)3)10-6-11(14)8-12(15)7-10/h5-8,13,16H,4H2,1-3H3. The van der Waals surface area contributed by atoms with Crippen LogP contribution in [-0.2, 0) is 0 Å². The average Bonchev–Trinajstić information content (AvgIpc) is 2.14. The molecular weight excluding hydrogens is 286 g/mol. The average molecular weight is 303 g/mol. The maximum Gasteiger partial charge on any atom is 0.0509 e. The summed E-state index contributed by atoms with van der Waals surface area (Å²) in [6.07, 6.45) is 2.21. The molecule has 1 aromatic carbocycles. The van der Waals surface area contributed by atoms with Crippen LogP contribution in [0.5, 0.6) is 0 Å². The molecule has 1 aromatic rings. The highest BCUT2D eigenvalue weighted by Crippen LogP contribution is 2.25. The number of hydrogen-bond donors (Lipinski definition) is 1. The van der Waals surface area contributed by atoms with Gasteiger partial charge in [0.2, 0.25) is 0 Å². The van der Waals surface area contributed by atoms with Crippen molar-refractivity contribution in [2.24, 2.45) is 0 Å². The molecule has 0 saturated carbocycles. The molecule has 1 nitrogen and oxygen atoms in total. The second-order valence-corrected chi connectivity index (χ2v) is 5.33. The Balaban J connectivity index is 3.05. The third-order valence-corrected chi connectivity index (χ3v) is 2.84. The van der Waals surface area contributed by atoms with Crippen molar-refractivity contribution in [3.05, 3.63) is 44.9 Å². The van der Waals surface area contributed by atoms with Gasteiger partial charge in [-0.2, -0.15) is 0 Å². The largest absolute Gasteiger partial charge is 0.307 e. The van der Waals surface area contributed by atoms with Gasteiger partial charge in [-0.25, -0.2) is 0 Å². The molecule has 16 heavy (non-hydrogen) atoms. The minimum atomic E-state index is 0.227. The fraction of sp³-hybridized carbons (Fsp3) is 0.385. The van der Waals surface area contributed by atoms with Crippen LogP contribution in [0.25, 0.3) is 0 Å². The molecule has 0 aliphatic carbocycles. The molecule has 1 rings (SSSR count). The molecule has 1 atom stereocenters. The molecule has 0 aliphatic rings. The number of benzene rings is 1. The Morgan fingerprint density at radius 1 is 1.44 bits per heavy atom. The minimum Gasteiger partial charge on any atom is -0.307 e. The monoisotopic (exact) mass is 301 g/mol. The van der Waals surface area contributed by atoms with Crippen LogP contribution in [0.3, 0.4) is 0 Å². The summed E-state index contributed by atoms with van der Waals surface area (Å²) in [7, 11) is 0. The number of rotatable bonds is 4. The minimum absolute atomic E-state index is 0.227. The first kappa shape index (κ1) is 13.8. The summed E-state index contributed by atoms with van der Waals surface area (Å²) >= 11 is 9.52. The first-order valence-electron chi connectivity index (χ1n) is 5.37. The van der Waals surface area contributed by atoms with E-state index >= 15 is 0 Å². The van der Waals surface area contributed by atoms with Crippen LogP contribution >= 0.6 is 27.5 Å². The van der Waals surface area contributed by atoms with Crippen molar-refractivity contribution in [1.29, 1.82) is 0 Å². The van der Waals surface area contributed by atoms with Crippen molar-refractivity contribution in [3.8, 4) is 0 Å². The van der Waals surface area contributed by atoms with Gasteiger partial charge in [0.25, 0.3) is 0 Å². The van der Waals surface area contributed by atoms with Crippen LogP contribution in [0.2, 0.25) is 5.02 Å². The zero-order valence-electron chi connectivity index (χ0n) is 9.85. The first-order valence-corrected chi connectivity index (χ1v) is 6.54. The van der Waals surface area contributed by atoms with E-state index < -0.39 is 0 Å². The molecule has 0 spiro atoms. The maximum atomic E-state index is 6.05. The highest BCUT2D eigenvalue weighted by Gasteiger charge is 2.08. The second kappa shape index (κ2) is 6.43. The van der Waals surface area contributed by atoms with Gasteiger partial charge in [-0.1, -0.05) is 46.1 Å². The molecule has 0 aromatic heterocycles. The topological polar surface area (TPSA) is 12.0 Å². The zero-order valence-corrected chi connectivity index (χ0v) is 12.2. The molecule has 0 amide bonds. The van der Waals surface area contributed by atoms with Crippen molar-refractivity contribution in [3.63, 3.8) is 0 Å². The van der Waals surface area contributed by atoms with E-state index in [2.05, 4.69) is 54.2 Å². The normalized spacial score (nSPS) is 12.3. The van der Waals surface area contributed by atoms with Gasteiger partial charge >= 0.3 is 0 Å². The summed E-state index contributed by atoms with van der Waals surface area (Å²) in [5, 5.41) is 4.19. The number of likely N-dealkylation sites (N-methyl/N-ethyl adjacent to an activating group) is 1. The first-order chi connectivity index (χ1) is 7.52. The zero-order chi connectivity index (χ0) is 12.1. The Kier molecular flexibility index (Phi) is 5.53. The van der Waals surface area contributed by atoms with Crippen LogP contribution in [-0.4, -0.2) is 6.54 Å². The van der Waals surface area contributed by atoms with E-state index in [0.29, 0.717) is 0 Å². The lowest BCUT2D eigenvalue weighted by Gasteiger charge is -2.16. The predicted molar refractivity (Wildman–Crippen MR) is 75.0 cm³/mol. The lowest BCUT2D eigenvalue weighted by atomic mass is 10.0. The SMILES string of the molecule is CCNC(C=C(C)C)c1cc(Cl)cc(Br)c1. The van der Waals surface area contributed by atoms with Crippen molar-refractivity contribution in [1.82, 2.24) is 5.32 Å². The van der Waals surface area contributed by atoms with E-state index in [0.717, 1.165) is 16.0 Å². The fourth-order valence-electron chi connectivity index (χ4n) is 1.58. The van der Waals surface area contributed by atoms with Crippen molar-refractivity contribution in [2.75, 3.05) is 6.54 Å². The van der Waals surface area contributed by atoms with Crippen molar-refractivity contribution >= 4 is 27.5 Å². The van der Waals surface area contributed by atoms with Gasteiger partial charge < -0.3 is 5.32 Å². The molecule has 1 unspecified atom stereocenters. The van der Waals surface area contributed by atoms with E-state index in [1.165, 1.54) is 11.1 Å². The van der Waals surface area contributed by atoms with E-state index in [1.807, 2.05) is 12.1 Å². The highest BCUT2D eigenvalue weighted by atomic mass is 79.9. The van der Waals surface area contributed by atoms with Crippen LogP contribution in [0.15, 0.2) is 34.3 Å². The fourth-order valence-corrected chi connectivity index (χ4v) is 2.47. The van der Waals surface area contributed by atoms with Crippen molar-refractivity contribution in [2.45, 2.75) is 26.8 Å². The smallest absolute Gasteiger partial charge is 0.0509 e. The number of allylic oxidation sites excluding steroid dienone is 1. The van der Waals surface area contributed by atoms with E-state index in [9.17, 15) is 0 Å². The second-order valence-electron chi connectivity index (χ2n) is 3.98. The van der Waals surface area contributed by atoms with Crippen LogP contribution < -0.4 is 5.32 Å². The van der Waals surface area contributed by atoms with Crippen LogP contribution in [0, 0.1) is 0 Å². The Morgan fingerprint density at radius 2 is 2.12 bits per heavy atom. The van der Waals surface area contributed by atoms with E-state index in [1.54, 1.807) is 0 Å². The molecule has 0 heterocycles. The summed E-state index contributed by atoms with van der Waals surface area (Å²) in [4.78, 5) is 0. The molecule has 1 N–H and O–H groups in total. The molecule has 0 bridgehead atoms. The number of hydrogen-bond acceptors (Lipinski definition) is 1. The molecule has 3 heteroatoms. The summed E-state index contributed by atoms with van der Waals surface area (Å²) in [5.41, 5.74) is 2.48. The lowest BCUT2D eigenvalue weighted by Crippen LogP contribution is -2.19. The van der Waals surface area contributed by atoms with Gasteiger partial charge in [-0.3, -0.25) is 0 Å². The summed E-state index contributed by atoms with van der Waals surface area (Å²) in [6.45, 7) is 7.23. The van der Waals surface area contributed by atoms with Gasteiger partial charge in [-0.05, 0) is 44.2 Å². The Hall–Kier alpha value is -0.310. The van der Waals surface area contributed by atoms with Gasteiger partial charge in [0.15, 0.2) is 0 Å². The highest BCUT2D eigenvalue weighted by molar-refractivity contribution is 9.10. The van der Waals surface area contributed by atoms with Gasteiger partial charge in [-0.15, -0.1) is 0 Å². The van der Waals surface area contributed by atoms with Gasteiger partial charge in [0, 0.05) is 9.50 Å².